The number of aliphatic carboxylic acids is 1. The molecule has 0 spiro atoms. The maximum Gasteiger partial charge on any atom is 0.317 e. The summed E-state index contributed by atoms with van der Waals surface area (Å²) in [7, 11) is 2.07. The average molecular weight is 299 g/mol. The third-order valence-corrected chi connectivity index (χ3v) is 4.26. The highest BCUT2D eigenvalue weighted by molar-refractivity contribution is 5.74. The van der Waals surface area contributed by atoms with Gasteiger partial charge in [-0.3, -0.25) is 4.79 Å². The second kappa shape index (κ2) is 8.87. The molecule has 0 saturated carbocycles. The van der Waals surface area contributed by atoms with Crippen LogP contribution in [0.3, 0.4) is 0 Å². The smallest absolute Gasteiger partial charge is 0.317 e. The van der Waals surface area contributed by atoms with E-state index in [4.69, 9.17) is 5.11 Å². The zero-order valence-electron chi connectivity index (χ0n) is 13.5. The van der Waals surface area contributed by atoms with Crippen LogP contribution in [0.2, 0.25) is 0 Å². The largest absolute Gasteiger partial charge is 0.481 e. The minimum absolute atomic E-state index is 0.00341. The zero-order valence-corrected chi connectivity index (χ0v) is 13.5. The minimum atomic E-state index is -0.747. The maximum atomic E-state index is 12.2. The molecule has 2 unspecified atom stereocenters. The lowest BCUT2D eigenvalue weighted by molar-refractivity contribution is -0.137. The van der Waals surface area contributed by atoms with Crippen molar-refractivity contribution in [2.75, 3.05) is 33.2 Å². The highest BCUT2D eigenvalue weighted by Crippen LogP contribution is 2.15. The molecule has 2 atom stereocenters. The Morgan fingerprint density at radius 1 is 1.33 bits per heavy atom. The fourth-order valence-electron chi connectivity index (χ4n) is 2.81. The Labute approximate surface area is 127 Å². The van der Waals surface area contributed by atoms with E-state index in [-0.39, 0.29) is 18.5 Å². The molecule has 6 heteroatoms. The molecule has 0 bridgehead atoms. The van der Waals surface area contributed by atoms with Crippen LogP contribution in [0.1, 0.15) is 39.5 Å². The van der Waals surface area contributed by atoms with Crippen LogP contribution in [-0.4, -0.2) is 66.2 Å². The number of hydrogen-bond acceptors (Lipinski definition) is 3. The first kappa shape index (κ1) is 17.8. The van der Waals surface area contributed by atoms with E-state index in [0.717, 1.165) is 32.5 Å². The lowest BCUT2D eigenvalue weighted by Gasteiger charge is -2.38. The predicted octanol–water partition coefficient (Wildman–Crippen LogP) is 1.61. The van der Waals surface area contributed by atoms with Gasteiger partial charge in [-0.1, -0.05) is 13.3 Å². The van der Waals surface area contributed by atoms with E-state index in [1.165, 1.54) is 0 Å². The quantitative estimate of drug-likeness (QED) is 0.749. The number of urea groups is 1. The van der Waals surface area contributed by atoms with Crippen LogP contribution in [0.25, 0.3) is 0 Å². The van der Waals surface area contributed by atoms with Gasteiger partial charge in [-0.05, 0) is 32.7 Å². The third kappa shape index (κ3) is 6.33. The number of piperazine rings is 1. The van der Waals surface area contributed by atoms with E-state index in [1.54, 1.807) is 0 Å². The van der Waals surface area contributed by atoms with Crippen LogP contribution in [0.15, 0.2) is 0 Å². The van der Waals surface area contributed by atoms with Crippen LogP contribution in [0.5, 0.6) is 0 Å². The molecule has 0 aromatic heterocycles. The molecule has 2 N–H and O–H groups in total. The number of carbonyl (C=O) groups excluding carboxylic acids is 1. The monoisotopic (exact) mass is 299 g/mol. The Balaban J connectivity index is 2.27. The van der Waals surface area contributed by atoms with E-state index in [2.05, 4.69) is 31.1 Å². The molecule has 0 aromatic rings. The van der Waals surface area contributed by atoms with Gasteiger partial charge in [0, 0.05) is 38.6 Å². The number of carboxylic acid groups (broad SMARTS) is 1. The van der Waals surface area contributed by atoms with E-state index in [9.17, 15) is 9.59 Å². The number of hydrogen-bond donors (Lipinski definition) is 2. The van der Waals surface area contributed by atoms with Crippen LogP contribution in [-0.2, 0) is 4.79 Å². The van der Waals surface area contributed by atoms with Crippen molar-refractivity contribution in [1.82, 2.24) is 15.1 Å². The van der Waals surface area contributed by atoms with E-state index >= 15 is 0 Å². The van der Waals surface area contributed by atoms with Gasteiger partial charge in [0.2, 0.25) is 0 Å². The van der Waals surface area contributed by atoms with Crippen molar-refractivity contribution in [2.45, 2.75) is 45.6 Å². The molecule has 1 saturated heterocycles. The van der Waals surface area contributed by atoms with Gasteiger partial charge in [-0.2, -0.15) is 0 Å². The molecular weight excluding hydrogens is 270 g/mol. The fraction of sp³-hybridized carbons (Fsp3) is 0.867. The van der Waals surface area contributed by atoms with Gasteiger partial charge >= 0.3 is 12.0 Å². The van der Waals surface area contributed by atoms with Crippen molar-refractivity contribution in [3.8, 4) is 0 Å². The number of likely N-dealkylation sites (N-methyl/N-ethyl adjacent to an activating group) is 1. The highest BCUT2D eigenvalue weighted by atomic mass is 16.4. The van der Waals surface area contributed by atoms with Gasteiger partial charge in [0.25, 0.3) is 0 Å². The van der Waals surface area contributed by atoms with Crippen molar-refractivity contribution >= 4 is 12.0 Å². The number of amides is 2. The Bertz CT molecular complexity index is 349. The first-order chi connectivity index (χ1) is 9.93. The number of nitrogens with zero attached hydrogens (tertiary/aromatic N) is 2. The summed E-state index contributed by atoms with van der Waals surface area (Å²) in [6, 6.07) is 0.237. The van der Waals surface area contributed by atoms with Crippen molar-refractivity contribution < 1.29 is 14.7 Å². The summed E-state index contributed by atoms with van der Waals surface area (Å²) in [5, 5.41) is 11.7. The third-order valence-electron chi connectivity index (χ3n) is 4.26. The average Bonchev–Trinajstić information content (AvgIpc) is 2.42. The molecule has 0 radical (unpaired) electrons. The predicted molar refractivity (Wildman–Crippen MR) is 82.3 cm³/mol. The number of carboxylic acids is 1. The fourth-order valence-corrected chi connectivity index (χ4v) is 2.81. The number of nitrogens with one attached hydrogen (secondary N) is 1. The van der Waals surface area contributed by atoms with Gasteiger partial charge in [0.1, 0.15) is 0 Å². The second-order valence-electron chi connectivity index (χ2n) is 6.03. The van der Waals surface area contributed by atoms with Crippen LogP contribution in [0, 0.1) is 5.92 Å². The summed E-state index contributed by atoms with van der Waals surface area (Å²) in [6.07, 6.45) is 2.69. The molecule has 0 aromatic carbocycles. The molecule has 1 heterocycles. The Morgan fingerprint density at radius 2 is 2.05 bits per heavy atom. The zero-order chi connectivity index (χ0) is 15.8. The first-order valence-electron chi connectivity index (χ1n) is 7.88. The Morgan fingerprint density at radius 3 is 2.62 bits per heavy atom. The van der Waals surface area contributed by atoms with Gasteiger partial charge in [-0.15, -0.1) is 0 Å². The normalized spacial score (nSPS) is 21.1. The van der Waals surface area contributed by atoms with Crippen LogP contribution in [0.4, 0.5) is 4.79 Å². The van der Waals surface area contributed by atoms with Crippen molar-refractivity contribution in [1.29, 1.82) is 0 Å². The molecule has 1 fully saturated rings. The summed E-state index contributed by atoms with van der Waals surface area (Å²) in [5.74, 6) is -0.380. The molecule has 0 aliphatic carbocycles. The Kier molecular flexibility index (Phi) is 7.50. The molecule has 1 rings (SSSR count). The standard InChI is InChI=1S/C15H29N3O3/c1-4-13(5-6-14(19)20)7-8-16-15(21)18-10-9-17(3)11-12(18)2/h12-13H,4-11H2,1-3H3,(H,16,21)(H,19,20). The Hall–Kier alpha value is -1.30. The molecule has 2 amide bonds. The van der Waals surface area contributed by atoms with E-state index < -0.39 is 5.97 Å². The van der Waals surface area contributed by atoms with Crippen molar-refractivity contribution in [3.63, 3.8) is 0 Å². The maximum absolute atomic E-state index is 12.2. The lowest BCUT2D eigenvalue weighted by atomic mass is 9.97. The molecule has 1 aliphatic rings. The summed E-state index contributed by atoms with van der Waals surface area (Å²) in [6.45, 7) is 7.33. The van der Waals surface area contributed by atoms with Crippen LogP contribution < -0.4 is 5.32 Å². The summed E-state index contributed by atoms with van der Waals surface area (Å²) in [5.41, 5.74) is 0. The summed E-state index contributed by atoms with van der Waals surface area (Å²) < 4.78 is 0. The van der Waals surface area contributed by atoms with Gasteiger partial charge in [0.15, 0.2) is 0 Å². The number of rotatable bonds is 7. The van der Waals surface area contributed by atoms with E-state index in [0.29, 0.717) is 18.9 Å². The minimum Gasteiger partial charge on any atom is -0.481 e. The van der Waals surface area contributed by atoms with Crippen LogP contribution >= 0.6 is 0 Å². The van der Waals surface area contributed by atoms with Gasteiger partial charge in [0.05, 0.1) is 0 Å². The molecule has 21 heavy (non-hydrogen) atoms. The number of carbonyl (C=O) groups is 2. The van der Waals surface area contributed by atoms with E-state index in [1.807, 2.05) is 4.90 Å². The molecule has 6 nitrogen and oxygen atoms in total. The van der Waals surface area contributed by atoms with Crippen molar-refractivity contribution in [2.24, 2.45) is 5.92 Å². The second-order valence-corrected chi connectivity index (χ2v) is 6.03. The summed E-state index contributed by atoms with van der Waals surface area (Å²) in [4.78, 5) is 26.9. The molecule has 122 valence electrons. The lowest BCUT2D eigenvalue weighted by Crippen LogP contribution is -2.55. The molecular formula is C15H29N3O3. The topological polar surface area (TPSA) is 72.9 Å². The molecule has 1 aliphatic heterocycles. The first-order valence-corrected chi connectivity index (χ1v) is 7.88. The SMILES string of the molecule is CCC(CCNC(=O)N1CCN(C)CC1C)CCC(=O)O. The highest BCUT2D eigenvalue weighted by Gasteiger charge is 2.25. The summed E-state index contributed by atoms with van der Waals surface area (Å²) >= 11 is 0. The van der Waals surface area contributed by atoms with Gasteiger partial charge in [-0.25, -0.2) is 4.79 Å². The van der Waals surface area contributed by atoms with Crippen molar-refractivity contribution in [3.05, 3.63) is 0 Å². The van der Waals surface area contributed by atoms with Gasteiger partial charge < -0.3 is 20.2 Å².